The van der Waals surface area contributed by atoms with Gasteiger partial charge in [0, 0.05) is 7.05 Å². The molecule has 0 saturated carbocycles. The Morgan fingerprint density at radius 2 is 2.06 bits per heavy atom. The zero-order valence-corrected chi connectivity index (χ0v) is 10.1. The third kappa shape index (κ3) is 2.36. The van der Waals surface area contributed by atoms with E-state index in [1.54, 1.807) is 24.1 Å². The summed E-state index contributed by atoms with van der Waals surface area (Å²) < 4.78 is 12.8. The molecule has 2 rings (SSSR count). The Balaban J connectivity index is 2.18. The number of hydrogen-bond donors (Lipinski definition) is 1. The minimum Gasteiger partial charge on any atom is -0.381 e. The summed E-state index contributed by atoms with van der Waals surface area (Å²) in [4.78, 5) is 15.0. The first kappa shape index (κ1) is 12.6. The van der Waals surface area contributed by atoms with E-state index < -0.39 is 6.10 Å². The quantitative estimate of drug-likeness (QED) is 0.849. The summed E-state index contributed by atoms with van der Waals surface area (Å²) in [6, 6.07) is 5.90. The van der Waals surface area contributed by atoms with Crippen LogP contribution in [0.25, 0.3) is 0 Å². The van der Waals surface area contributed by atoms with E-state index >= 15 is 0 Å². The van der Waals surface area contributed by atoms with Gasteiger partial charge < -0.3 is 10.0 Å². The normalized spacial score (nSPS) is 20.5. The van der Waals surface area contributed by atoms with Crippen LogP contribution in [0.15, 0.2) is 36.7 Å². The number of halogens is 1. The van der Waals surface area contributed by atoms with Crippen LogP contribution in [0.5, 0.6) is 0 Å². The van der Waals surface area contributed by atoms with Crippen LogP contribution in [-0.4, -0.2) is 40.5 Å². The van der Waals surface area contributed by atoms with E-state index in [9.17, 15) is 14.3 Å². The van der Waals surface area contributed by atoms with Crippen LogP contribution in [0.3, 0.4) is 0 Å². The van der Waals surface area contributed by atoms with Crippen molar-refractivity contribution < 1.29 is 14.3 Å². The van der Waals surface area contributed by atoms with Gasteiger partial charge in [0.1, 0.15) is 11.6 Å². The maximum Gasteiger partial charge on any atom is 0.259 e. The molecule has 5 heteroatoms. The number of β-amino-alcohol motifs (C(OH)–C–C–N with tert-alkyl or cyclic N) is 1. The van der Waals surface area contributed by atoms with Crippen LogP contribution in [0.1, 0.15) is 5.56 Å². The summed E-state index contributed by atoms with van der Waals surface area (Å²) in [5.41, 5.74) is 0.786. The van der Waals surface area contributed by atoms with Crippen molar-refractivity contribution >= 4 is 5.91 Å². The van der Waals surface area contributed by atoms with Gasteiger partial charge in [0.2, 0.25) is 0 Å². The van der Waals surface area contributed by atoms with Gasteiger partial charge in [-0.3, -0.25) is 9.69 Å². The van der Waals surface area contributed by atoms with Crippen molar-refractivity contribution in [1.29, 1.82) is 0 Å². The van der Waals surface area contributed by atoms with Crippen LogP contribution in [0.4, 0.5) is 4.39 Å². The first-order valence-corrected chi connectivity index (χ1v) is 5.63. The predicted octanol–water partition coefficient (Wildman–Crippen LogP) is 0.932. The molecule has 0 bridgehead atoms. The first-order valence-electron chi connectivity index (χ1n) is 5.63. The standard InChI is InChI=1S/C13H15FN2O2/c1-9-15(2)8-12(17)13(18)16(9)7-10-3-5-11(14)6-4-10/h3-6,12,17H,1,7-8H2,2H3. The Kier molecular flexibility index (Phi) is 3.34. The molecular weight excluding hydrogens is 235 g/mol. The molecule has 1 fully saturated rings. The fourth-order valence-corrected chi connectivity index (χ4v) is 1.90. The minimum atomic E-state index is -1.04. The zero-order chi connectivity index (χ0) is 13.3. The zero-order valence-electron chi connectivity index (χ0n) is 10.1. The molecule has 0 spiro atoms. The fourth-order valence-electron chi connectivity index (χ4n) is 1.90. The van der Waals surface area contributed by atoms with Gasteiger partial charge in [-0.05, 0) is 17.7 Å². The summed E-state index contributed by atoms with van der Waals surface area (Å²) in [7, 11) is 1.76. The second-order valence-corrected chi connectivity index (χ2v) is 4.36. The molecule has 1 aliphatic rings. The molecule has 1 heterocycles. The number of amides is 1. The van der Waals surface area contributed by atoms with Crippen molar-refractivity contribution in [3.63, 3.8) is 0 Å². The average Bonchev–Trinajstić information content (AvgIpc) is 2.34. The lowest BCUT2D eigenvalue weighted by Gasteiger charge is -2.38. The topological polar surface area (TPSA) is 43.8 Å². The molecule has 1 aromatic rings. The Morgan fingerprint density at radius 1 is 1.44 bits per heavy atom. The molecule has 1 N–H and O–H groups in total. The number of aliphatic hydroxyl groups excluding tert-OH is 1. The summed E-state index contributed by atoms with van der Waals surface area (Å²) >= 11 is 0. The lowest BCUT2D eigenvalue weighted by Crippen LogP contribution is -2.52. The molecule has 1 saturated heterocycles. The number of rotatable bonds is 2. The van der Waals surface area contributed by atoms with Gasteiger partial charge in [-0.1, -0.05) is 18.7 Å². The molecule has 1 amide bonds. The average molecular weight is 250 g/mol. The van der Waals surface area contributed by atoms with Crippen LogP contribution < -0.4 is 0 Å². The number of nitrogens with zero attached hydrogens (tertiary/aromatic N) is 2. The Labute approximate surface area is 105 Å². The van der Waals surface area contributed by atoms with Crippen LogP contribution >= 0.6 is 0 Å². The molecule has 96 valence electrons. The van der Waals surface area contributed by atoms with Crippen LogP contribution in [-0.2, 0) is 11.3 Å². The minimum absolute atomic E-state index is 0.248. The summed E-state index contributed by atoms with van der Waals surface area (Å²) in [5.74, 6) is -0.156. The second kappa shape index (κ2) is 4.78. The number of aliphatic hydroxyl groups is 1. The number of carbonyl (C=O) groups is 1. The van der Waals surface area contributed by atoms with Gasteiger partial charge in [0.05, 0.1) is 13.1 Å². The highest BCUT2D eigenvalue weighted by atomic mass is 19.1. The van der Waals surface area contributed by atoms with Gasteiger partial charge in [0.15, 0.2) is 6.10 Å². The van der Waals surface area contributed by atoms with Crippen molar-refractivity contribution in [2.45, 2.75) is 12.6 Å². The smallest absolute Gasteiger partial charge is 0.259 e. The Morgan fingerprint density at radius 3 is 2.67 bits per heavy atom. The molecule has 0 radical (unpaired) electrons. The van der Waals surface area contributed by atoms with E-state index in [1.807, 2.05) is 0 Å². The SMILES string of the molecule is C=C1N(C)CC(O)C(=O)N1Cc1ccc(F)cc1. The molecular formula is C13H15FN2O2. The number of hydrogen-bond acceptors (Lipinski definition) is 3. The number of likely N-dealkylation sites (N-methyl/N-ethyl adjacent to an activating group) is 1. The van der Waals surface area contributed by atoms with Gasteiger partial charge in [-0.25, -0.2) is 4.39 Å². The second-order valence-electron chi connectivity index (χ2n) is 4.36. The van der Waals surface area contributed by atoms with Gasteiger partial charge in [-0.2, -0.15) is 0 Å². The fraction of sp³-hybridized carbons (Fsp3) is 0.308. The highest BCUT2D eigenvalue weighted by molar-refractivity contribution is 5.83. The summed E-state index contributed by atoms with van der Waals surface area (Å²) in [5, 5.41) is 9.62. The largest absolute Gasteiger partial charge is 0.381 e. The maximum atomic E-state index is 12.8. The number of carbonyl (C=O) groups excluding carboxylic acids is 1. The Hall–Kier alpha value is -1.88. The third-order valence-electron chi connectivity index (χ3n) is 3.00. The lowest BCUT2D eigenvalue weighted by molar-refractivity contribution is -0.144. The molecule has 1 aromatic carbocycles. The highest BCUT2D eigenvalue weighted by Crippen LogP contribution is 2.19. The predicted molar refractivity (Wildman–Crippen MR) is 64.7 cm³/mol. The molecule has 18 heavy (non-hydrogen) atoms. The van der Waals surface area contributed by atoms with Crippen molar-refractivity contribution in [3.05, 3.63) is 48.0 Å². The summed E-state index contributed by atoms with van der Waals surface area (Å²) in [6.45, 7) is 4.35. The lowest BCUT2D eigenvalue weighted by atomic mass is 10.1. The molecule has 1 atom stereocenters. The summed E-state index contributed by atoms with van der Waals surface area (Å²) in [6.07, 6.45) is -1.04. The van der Waals surface area contributed by atoms with E-state index in [-0.39, 0.29) is 24.8 Å². The van der Waals surface area contributed by atoms with Crippen molar-refractivity contribution in [2.24, 2.45) is 0 Å². The monoisotopic (exact) mass is 250 g/mol. The third-order valence-corrected chi connectivity index (χ3v) is 3.00. The Bertz CT molecular complexity index is 452. The molecule has 1 aliphatic heterocycles. The first-order chi connectivity index (χ1) is 8.49. The number of benzene rings is 1. The van der Waals surface area contributed by atoms with Gasteiger partial charge >= 0.3 is 0 Å². The van der Waals surface area contributed by atoms with E-state index in [0.717, 1.165) is 5.56 Å². The van der Waals surface area contributed by atoms with Crippen molar-refractivity contribution in [3.8, 4) is 0 Å². The van der Waals surface area contributed by atoms with Crippen molar-refractivity contribution in [1.82, 2.24) is 9.80 Å². The van der Waals surface area contributed by atoms with Crippen molar-refractivity contribution in [2.75, 3.05) is 13.6 Å². The van der Waals surface area contributed by atoms with Gasteiger partial charge in [0.25, 0.3) is 5.91 Å². The molecule has 0 aliphatic carbocycles. The van der Waals surface area contributed by atoms with Gasteiger partial charge in [-0.15, -0.1) is 0 Å². The maximum absolute atomic E-state index is 12.8. The van der Waals surface area contributed by atoms with Crippen LogP contribution in [0, 0.1) is 5.82 Å². The molecule has 4 nitrogen and oxygen atoms in total. The van der Waals surface area contributed by atoms with Crippen LogP contribution in [0.2, 0.25) is 0 Å². The molecule has 1 unspecified atom stereocenters. The van der Waals surface area contributed by atoms with E-state index in [0.29, 0.717) is 5.82 Å². The molecule has 0 aromatic heterocycles. The highest BCUT2D eigenvalue weighted by Gasteiger charge is 2.32. The van der Waals surface area contributed by atoms with E-state index in [4.69, 9.17) is 0 Å². The van der Waals surface area contributed by atoms with E-state index in [2.05, 4.69) is 6.58 Å². The van der Waals surface area contributed by atoms with E-state index in [1.165, 1.54) is 17.0 Å².